The van der Waals surface area contributed by atoms with Gasteiger partial charge < -0.3 is 14.8 Å². The number of para-hydroxylation sites is 2. The third-order valence-corrected chi connectivity index (χ3v) is 6.63. The molecule has 2 aromatic carbocycles. The minimum Gasteiger partial charge on any atom is -0.490 e. The number of thiophene rings is 1. The van der Waals surface area contributed by atoms with E-state index in [-0.39, 0.29) is 17.6 Å². The van der Waals surface area contributed by atoms with Gasteiger partial charge in [-0.05, 0) is 67.7 Å². The number of ether oxygens (including phenoxy) is 2. The molecule has 0 unspecified atom stereocenters. The van der Waals surface area contributed by atoms with Crippen LogP contribution in [0.5, 0.6) is 11.5 Å². The molecule has 1 amide bonds. The van der Waals surface area contributed by atoms with Crippen LogP contribution in [0, 0.1) is 11.3 Å². The Morgan fingerprint density at radius 3 is 2.58 bits per heavy atom. The minimum absolute atomic E-state index is 0.150. The lowest BCUT2D eigenvalue weighted by molar-refractivity contribution is 0.0972. The van der Waals surface area contributed by atoms with Gasteiger partial charge in [-0.3, -0.25) is 10.1 Å². The Labute approximate surface area is 202 Å². The molecule has 6 nitrogen and oxygen atoms in total. The molecule has 0 atom stereocenters. The maximum atomic E-state index is 12.9. The zero-order valence-electron chi connectivity index (χ0n) is 17.9. The first-order valence-corrected chi connectivity index (χ1v) is 11.9. The molecule has 33 heavy (non-hydrogen) atoms. The van der Waals surface area contributed by atoms with Crippen molar-refractivity contribution in [1.82, 2.24) is 5.32 Å². The number of hydrogen-bond donors (Lipinski definition) is 2. The highest BCUT2D eigenvalue weighted by molar-refractivity contribution is 7.80. The van der Waals surface area contributed by atoms with E-state index in [4.69, 9.17) is 21.7 Å². The Hall–Kier alpha value is -3.41. The maximum Gasteiger partial charge on any atom is 0.261 e. The van der Waals surface area contributed by atoms with Gasteiger partial charge in [0.25, 0.3) is 5.91 Å². The van der Waals surface area contributed by atoms with Gasteiger partial charge in [0.2, 0.25) is 0 Å². The van der Waals surface area contributed by atoms with E-state index in [1.165, 1.54) is 4.88 Å². The van der Waals surface area contributed by atoms with Crippen molar-refractivity contribution in [1.29, 1.82) is 5.26 Å². The number of rotatable bonds is 7. The van der Waals surface area contributed by atoms with E-state index in [2.05, 4.69) is 16.7 Å². The first-order valence-electron chi connectivity index (χ1n) is 10.7. The van der Waals surface area contributed by atoms with Gasteiger partial charge in [0, 0.05) is 4.88 Å². The number of amides is 1. The number of nitrogens with one attached hydrogen (secondary N) is 2. The zero-order chi connectivity index (χ0) is 23.0. The molecule has 0 aliphatic heterocycles. The number of carbonyl (C=O) groups is 1. The number of fused-ring (bicyclic) bond motifs is 1. The van der Waals surface area contributed by atoms with Crippen LogP contribution in [0.1, 0.15) is 39.2 Å². The number of benzene rings is 2. The summed E-state index contributed by atoms with van der Waals surface area (Å²) >= 11 is 6.90. The summed E-state index contributed by atoms with van der Waals surface area (Å²) in [4.78, 5) is 14.1. The van der Waals surface area contributed by atoms with E-state index in [0.29, 0.717) is 28.5 Å². The summed E-state index contributed by atoms with van der Waals surface area (Å²) in [5.41, 5.74) is 2.11. The van der Waals surface area contributed by atoms with Crippen molar-refractivity contribution in [3.63, 3.8) is 0 Å². The molecule has 0 saturated heterocycles. The number of carbonyl (C=O) groups excluding carboxylic acids is 1. The van der Waals surface area contributed by atoms with Crippen LogP contribution in [0.25, 0.3) is 0 Å². The van der Waals surface area contributed by atoms with Crippen molar-refractivity contribution in [2.24, 2.45) is 0 Å². The fourth-order valence-electron chi connectivity index (χ4n) is 3.69. The van der Waals surface area contributed by atoms with E-state index in [0.717, 1.165) is 37.0 Å². The molecule has 168 valence electrons. The lowest BCUT2D eigenvalue weighted by atomic mass is 9.96. The van der Waals surface area contributed by atoms with Crippen molar-refractivity contribution >= 4 is 39.6 Å². The van der Waals surface area contributed by atoms with E-state index in [1.54, 1.807) is 35.6 Å². The fourth-order valence-corrected chi connectivity index (χ4v) is 5.19. The number of anilines is 1. The summed E-state index contributed by atoms with van der Waals surface area (Å²) in [7, 11) is 0. The monoisotopic (exact) mass is 477 g/mol. The predicted molar refractivity (Wildman–Crippen MR) is 133 cm³/mol. The summed E-state index contributed by atoms with van der Waals surface area (Å²) in [5.74, 6) is 0.821. The first-order chi connectivity index (χ1) is 16.2. The average Bonchev–Trinajstić information content (AvgIpc) is 3.19. The maximum absolute atomic E-state index is 12.9. The second-order valence-corrected chi connectivity index (χ2v) is 8.95. The second kappa shape index (κ2) is 10.9. The Kier molecular flexibility index (Phi) is 7.55. The lowest BCUT2D eigenvalue weighted by Crippen LogP contribution is -2.34. The van der Waals surface area contributed by atoms with Crippen LogP contribution in [0.2, 0.25) is 0 Å². The fraction of sp³-hybridized carbons (Fsp3) is 0.240. The highest BCUT2D eigenvalue weighted by atomic mass is 32.1. The van der Waals surface area contributed by atoms with Crippen LogP contribution in [-0.4, -0.2) is 24.2 Å². The van der Waals surface area contributed by atoms with Crippen LogP contribution in [-0.2, 0) is 12.8 Å². The highest BCUT2D eigenvalue weighted by Gasteiger charge is 2.22. The summed E-state index contributed by atoms with van der Waals surface area (Å²) in [6.07, 6.45) is 4.11. The lowest BCUT2D eigenvalue weighted by Gasteiger charge is -2.13. The zero-order valence-corrected chi connectivity index (χ0v) is 19.6. The Morgan fingerprint density at radius 1 is 1.03 bits per heavy atom. The summed E-state index contributed by atoms with van der Waals surface area (Å²) in [5, 5.41) is 16.2. The van der Waals surface area contributed by atoms with Gasteiger partial charge in [-0.1, -0.05) is 30.3 Å². The summed E-state index contributed by atoms with van der Waals surface area (Å²) < 4.78 is 11.4. The average molecular weight is 478 g/mol. The van der Waals surface area contributed by atoms with E-state index < -0.39 is 0 Å². The molecule has 0 fully saturated rings. The molecule has 1 aliphatic carbocycles. The Morgan fingerprint density at radius 2 is 1.76 bits per heavy atom. The van der Waals surface area contributed by atoms with Gasteiger partial charge >= 0.3 is 0 Å². The largest absolute Gasteiger partial charge is 0.490 e. The molecule has 2 N–H and O–H groups in total. The predicted octanol–water partition coefficient (Wildman–Crippen LogP) is 5.08. The molecule has 0 saturated carbocycles. The van der Waals surface area contributed by atoms with Crippen LogP contribution < -0.4 is 20.1 Å². The highest BCUT2D eigenvalue weighted by Crippen LogP contribution is 2.37. The number of thiocarbonyl (C=S) groups is 1. The third kappa shape index (κ3) is 5.69. The van der Waals surface area contributed by atoms with Crippen molar-refractivity contribution < 1.29 is 14.3 Å². The van der Waals surface area contributed by atoms with E-state index in [1.807, 2.05) is 30.3 Å². The van der Waals surface area contributed by atoms with Crippen molar-refractivity contribution in [3.8, 4) is 17.6 Å². The molecule has 0 spiro atoms. The second-order valence-electron chi connectivity index (χ2n) is 7.44. The number of nitriles is 1. The SMILES string of the molecule is N#Cc1c(NC(=S)NC(=O)c2ccccc2OCCOc2ccccc2)sc2c1CCCC2. The van der Waals surface area contributed by atoms with E-state index in [9.17, 15) is 10.1 Å². The molecule has 1 heterocycles. The molecular weight excluding hydrogens is 454 g/mol. The molecule has 1 aromatic heterocycles. The van der Waals surface area contributed by atoms with Gasteiger partial charge in [0.1, 0.15) is 35.8 Å². The first kappa shape index (κ1) is 22.8. The molecule has 0 bridgehead atoms. The Balaban J connectivity index is 1.35. The smallest absolute Gasteiger partial charge is 0.261 e. The summed E-state index contributed by atoms with van der Waals surface area (Å²) in [6, 6.07) is 18.7. The molecule has 1 aliphatic rings. The molecule has 3 aromatic rings. The molecule has 4 rings (SSSR count). The number of aryl methyl sites for hydroxylation is 1. The van der Waals surface area contributed by atoms with Crippen LogP contribution in [0.3, 0.4) is 0 Å². The third-order valence-electron chi connectivity index (χ3n) is 5.22. The van der Waals surface area contributed by atoms with Gasteiger partial charge in [0.05, 0.1) is 11.1 Å². The van der Waals surface area contributed by atoms with Crippen LogP contribution in [0.4, 0.5) is 5.00 Å². The van der Waals surface area contributed by atoms with Crippen LogP contribution in [0.15, 0.2) is 54.6 Å². The minimum atomic E-state index is -0.382. The molecule has 8 heteroatoms. The number of nitrogens with zero attached hydrogens (tertiary/aromatic N) is 1. The standard InChI is InChI=1S/C25H23N3O3S2/c26-16-20-18-10-5-7-13-22(18)33-24(20)28-25(32)27-23(29)19-11-4-6-12-21(19)31-15-14-30-17-8-2-1-3-9-17/h1-4,6,8-9,11-12H,5,7,10,13-15H2,(H2,27,28,29,32). The Bertz CT molecular complexity index is 1190. The quantitative estimate of drug-likeness (QED) is 0.365. The van der Waals surface area contributed by atoms with Gasteiger partial charge in [0.15, 0.2) is 5.11 Å². The van der Waals surface area contributed by atoms with Gasteiger partial charge in [-0.2, -0.15) is 5.26 Å². The normalized spacial score (nSPS) is 12.2. The molecule has 0 radical (unpaired) electrons. The van der Waals surface area contributed by atoms with Crippen molar-refractivity contribution in [2.75, 3.05) is 18.5 Å². The number of hydrogen-bond acceptors (Lipinski definition) is 6. The molecular formula is C25H23N3O3S2. The summed E-state index contributed by atoms with van der Waals surface area (Å²) in [6.45, 7) is 0.633. The van der Waals surface area contributed by atoms with Gasteiger partial charge in [-0.15, -0.1) is 11.3 Å². The van der Waals surface area contributed by atoms with Crippen LogP contribution >= 0.6 is 23.6 Å². The topological polar surface area (TPSA) is 83.4 Å². The van der Waals surface area contributed by atoms with Crippen molar-refractivity contribution in [3.05, 3.63) is 76.2 Å². The van der Waals surface area contributed by atoms with Crippen molar-refractivity contribution in [2.45, 2.75) is 25.7 Å². The van der Waals surface area contributed by atoms with Gasteiger partial charge in [-0.25, -0.2) is 0 Å². The van der Waals surface area contributed by atoms with E-state index >= 15 is 0 Å².